The molecule has 30 heavy (non-hydrogen) atoms. The van der Waals surface area contributed by atoms with Crippen LogP contribution in [0, 0.1) is 5.92 Å². The third kappa shape index (κ3) is 5.46. The Morgan fingerprint density at radius 2 is 1.60 bits per heavy atom. The van der Waals surface area contributed by atoms with Crippen LogP contribution in [0.1, 0.15) is 55.7 Å². The van der Waals surface area contributed by atoms with E-state index in [0.717, 1.165) is 6.42 Å². The van der Waals surface area contributed by atoms with Gasteiger partial charge in [-0.25, -0.2) is 0 Å². The Balaban J connectivity index is 1.94. The average Bonchev–Trinajstić information content (AvgIpc) is 3.31. The van der Waals surface area contributed by atoms with Gasteiger partial charge in [-0.05, 0) is 29.5 Å². The first-order valence-corrected chi connectivity index (χ1v) is 12.0. The molecule has 1 N–H and O–H groups in total. The lowest BCUT2D eigenvalue weighted by Gasteiger charge is -2.38. The molecule has 0 heterocycles. The van der Waals surface area contributed by atoms with Crippen LogP contribution >= 0.6 is 11.8 Å². The first kappa shape index (κ1) is 22.4. The second-order valence-corrected chi connectivity index (χ2v) is 9.24. The molecule has 2 aromatic rings. The second kappa shape index (κ2) is 11.2. The Kier molecular flexibility index (Phi) is 8.39. The van der Waals surface area contributed by atoms with Crippen molar-refractivity contribution in [2.45, 2.75) is 50.2 Å². The van der Waals surface area contributed by atoms with Gasteiger partial charge in [0.2, 0.25) is 0 Å². The second-order valence-electron chi connectivity index (χ2n) is 7.90. The van der Waals surface area contributed by atoms with Crippen molar-refractivity contribution in [1.82, 2.24) is 0 Å². The number of benzene rings is 2. The van der Waals surface area contributed by atoms with E-state index in [1.807, 2.05) is 6.07 Å². The Bertz CT molecular complexity index is 842. The lowest BCUT2D eigenvalue weighted by Crippen LogP contribution is -2.31. The molecule has 0 spiro atoms. The van der Waals surface area contributed by atoms with E-state index in [4.69, 9.17) is 0 Å². The number of rotatable bonds is 12. The Labute approximate surface area is 185 Å². The molecular weight excluding hydrogens is 388 g/mol. The van der Waals surface area contributed by atoms with Crippen LogP contribution in [0.25, 0.3) is 0 Å². The van der Waals surface area contributed by atoms with Gasteiger partial charge in [-0.3, -0.25) is 4.79 Å². The predicted octanol–water partition coefficient (Wildman–Crippen LogP) is 7.00. The number of carbonyl (C=O) groups is 1. The number of unbranched alkanes of at least 4 members (excludes halogenated alkanes) is 3. The van der Waals surface area contributed by atoms with Crippen molar-refractivity contribution in [2.24, 2.45) is 5.92 Å². The zero-order valence-electron chi connectivity index (χ0n) is 17.8. The minimum absolute atomic E-state index is 0.162. The van der Waals surface area contributed by atoms with Crippen LogP contribution in [-0.2, 0) is 16.0 Å². The molecule has 0 radical (unpaired) electrons. The van der Waals surface area contributed by atoms with E-state index in [1.54, 1.807) is 11.8 Å². The fourth-order valence-electron chi connectivity index (χ4n) is 4.18. The summed E-state index contributed by atoms with van der Waals surface area (Å²) >= 11 is 1.75. The van der Waals surface area contributed by atoms with E-state index in [0.29, 0.717) is 5.75 Å². The SMILES string of the molecule is CCCCCCc1ccc(C(SCCC(=O)O)(c2ccccc2)C2C=CC=C2)cc1. The van der Waals surface area contributed by atoms with Gasteiger partial charge in [0.05, 0.1) is 11.2 Å². The molecule has 1 unspecified atom stereocenters. The lowest BCUT2D eigenvalue weighted by molar-refractivity contribution is -0.136. The van der Waals surface area contributed by atoms with Gasteiger partial charge in [0.15, 0.2) is 0 Å². The van der Waals surface area contributed by atoms with Gasteiger partial charge < -0.3 is 5.11 Å². The van der Waals surface area contributed by atoms with E-state index in [9.17, 15) is 9.90 Å². The molecule has 1 aliphatic carbocycles. The molecule has 2 nitrogen and oxygen atoms in total. The van der Waals surface area contributed by atoms with Crippen molar-refractivity contribution in [1.29, 1.82) is 0 Å². The molecule has 0 saturated heterocycles. The highest BCUT2D eigenvalue weighted by atomic mass is 32.2. The smallest absolute Gasteiger partial charge is 0.304 e. The highest BCUT2D eigenvalue weighted by Crippen LogP contribution is 2.51. The van der Waals surface area contributed by atoms with Crippen LogP contribution in [0.5, 0.6) is 0 Å². The van der Waals surface area contributed by atoms with E-state index < -0.39 is 5.97 Å². The van der Waals surface area contributed by atoms with Crippen LogP contribution in [0.3, 0.4) is 0 Å². The van der Waals surface area contributed by atoms with E-state index in [2.05, 4.69) is 79.8 Å². The highest BCUT2D eigenvalue weighted by molar-refractivity contribution is 8.00. The summed E-state index contributed by atoms with van der Waals surface area (Å²) in [6.45, 7) is 2.24. The number of thioether (sulfide) groups is 1. The molecule has 0 amide bonds. The largest absolute Gasteiger partial charge is 0.481 e. The summed E-state index contributed by atoms with van der Waals surface area (Å²) in [6.07, 6.45) is 15.0. The zero-order valence-corrected chi connectivity index (χ0v) is 18.6. The van der Waals surface area contributed by atoms with E-state index in [-0.39, 0.29) is 17.1 Å². The van der Waals surface area contributed by atoms with Crippen molar-refractivity contribution in [3.8, 4) is 0 Å². The van der Waals surface area contributed by atoms with Crippen LogP contribution in [0.15, 0.2) is 78.9 Å². The number of allylic oxidation sites excluding steroid dienone is 4. The minimum Gasteiger partial charge on any atom is -0.481 e. The quantitative estimate of drug-likeness (QED) is 0.375. The average molecular weight is 421 g/mol. The summed E-state index contributed by atoms with van der Waals surface area (Å²) in [6, 6.07) is 19.6. The molecule has 1 atom stereocenters. The molecule has 158 valence electrons. The molecule has 0 aliphatic heterocycles. The molecule has 3 rings (SSSR count). The first-order valence-electron chi connectivity index (χ1n) is 11.0. The summed E-state index contributed by atoms with van der Waals surface area (Å²) in [7, 11) is 0. The fraction of sp³-hybridized carbons (Fsp3) is 0.370. The predicted molar refractivity (Wildman–Crippen MR) is 128 cm³/mol. The van der Waals surface area contributed by atoms with Crippen molar-refractivity contribution in [3.05, 3.63) is 95.6 Å². The monoisotopic (exact) mass is 420 g/mol. The third-order valence-corrected chi connectivity index (χ3v) is 7.37. The fourth-order valence-corrected chi connectivity index (χ4v) is 5.73. The van der Waals surface area contributed by atoms with Crippen molar-refractivity contribution >= 4 is 17.7 Å². The van der Waals surface area contributed by atoms with Crippen LogP contribution in [-0.4, -0.2) is 16.8 Å². The Hall–Kier alpha value is -2.26. The molecule has 3 heteroatoms. The minimum atomic E-state index is -0.746. The highest BCUT2D eigenvalue weighted by Gasteiger charge is 2.41. The molecule has 0 saturated carbocycles. The standard InChI is InChI=1S/C27H32O2S/c1-2-3-4-6-11-22-16-18-25(19-17-22)27(24-14-9-10-15-24,30-21-20-26(28)29)23-12-7-5-8-13-23/h5,7-10,12-19,24H,2-4,6,11,20-21H2,1H3,(H,28,29). The normalized spacial score (nSPS) is 15.4. The Morgan fingerprint density at radius 1 is 0.933 bits per heavy atom. The summed E-state index contributed by atoms with van der Waals surface area (Å²) in [5, 5.41) is 9.23. The molecule has 0 bridgehead atoms. The first-order chi connectivity index (χ1) is 14.7. The number of carboxylic acids is 1. The maximum absolute atomic E-state index is 11.2. The summed E-state index contributed by atoms with van der Waals surface area (Å²) in [5.74, 6) is 0.0137. The number of aliphatic carboxylic acids is 1. The van der Waals surface area contributed by atoms with E-state index >= 15 is 0 Å². The number of aryl methyl sites for hydroxylation is 1. The van der Waals surface area contributed by atoms with E-state index in [1.165, 1.54) is 42.4 Å². The van der Waals surface area contributed by atoms with Crippen molar-refractivity contribution in [2.75, 3.05) is 5.75 Å². The van der Waals surface area contributed by atoms with Gasteiger partial charge >= 0.3 is 5.97 Å². The lowest BCUT2D eigenvalue weighted by atomic mass is 9.80. The Morgan fingerprint density at radius 3 is 2.23 bits per heavy atom. The molecule has 0 fully saturated rings. The van der Waals surface area contributed by atoms with Crippen molar-refractivity contribution in [3.63, 3.8) is 0 Å². The van der Waals surface area contributed by atoms with Gasteiger partial charge in [0.1, 0.15) is 0 Å². The topological polar surface area (TPSA) is 37.3 Å². The molecule has 0 aromatic heterocycles. The van der Waals surface area contributed by atoms with Crippen molar-refractivity contribution < 1.29 is 9.90 Å². The third-order valence-electron chi connectivity index (χ3n) is 5.77. The number of hydrogen-bond acceptors (Lipinski definition) is 2. The van der Waals surface area contributed by atoms with Crippen LogP contribution in [0.4, 0.5) is 0 Å². The zero-order chi connectivity index (χ0) is 21.2. The van der Waals surface area contributed by atoms with Gasteiger partial charge in [-0.2, -0.15) is 0 Å². The summed E-state index contributed by atoms with van der Waals surface area (Å²) < 4.78 is -0.332. The number of carboxylic acid groups (broad SMARTS) is 1. The van der Waals surface area contributed by atoms with Gasteiger partial charge in [-0.15, -0.1) is 11.8 Å². The summed E-state index contributed by atoms with van der Waals surface area (Å²) in [5.41, 5.74) is 3.84. The van der Waals surface area contributed by atoms with Crippen LogP contribution < -0.4 is 0 Å². The molecule has 1 aliphatic rings. The maximum atomic E-state index is 11.2. The maximum Gasteiger partial charge on any atom is 0.304 e. The van der Waals surface area contributed by atoms with Gasteiger partial charge in [-0.1, -0.05) is 105 Å². The summed E-state index contributed by atoms with van der Waals surface area (Å²) in [4.78, 5) is 11.2. The van der Waals surface area contributed by atoms with Gasteiger partial charge in [0.25, 0.3) is 0 Å². The number of hydrogen-bond donors (Lipinski definition) is 1. The van der Waals surface area contributed by atoms with Gasteiger partial charge in [0, 0.05) is 11.7 Å². The van der Waals surface area contributed by atoms with Crippen LogP contribution in [0.2, 0.25) is 0 Å². The molecule has 2 aromatic carbocycles. The molecular formula is C27H32O2S.